The molecule has 0 aliphatic carbocycles. The molecule has 0 aliphatic rings. The van der Waals surface area contributed by atoms with Gasteiger partial charge in [0, 0.05) is 17.2 Å². The third-order valence-electron chi connectivity index (χ3n) is 3.45. The summed E-state index contributed by atoms with van der Waals surface area (Å²) in [4.78, 5) is 11.5. The lowest BCUT2D eigenvalue weighted by molar-refractivity contribution is -0.137. The van der Waals surface area contributed by atoms with Crippen molar-refractivity contribution >= 4 is 12.0 Å². The van der Waals surface area contributed by atoms with Crippen molar-refractivity contribution in [2.24, 2.45) is 0 Å². The van der Waals surface area contributed by atoms with Crippen LogP contribution in [-0.4, -0.2) is 17.7 Å². The zero-order valence-electron chi connectivity index (χ0n) is 15.8. The van der Waals surface area contributed by atoms with Crippen molar-refractivity contribution in [1.29, 1.82) is 0 Å². The number of hydrogen-bond donors (Lipinski definition) is 1. The molecule has 0 spiro atoms. The predicted octanol–water partition coefficient (Wildman–Crippen LogP) is 4.68. The highest BCUT2D eigenvalue weighted by atomic mass is 16.5. The van der Waals surface area contributed by atoms with E-state index in [9.17, 15) is 9.90 Å². The Morgan fingerprint density at radius 1 is 1.14 bits per heavy atom. The van der Waals surface area contributed by atoms with Crippen molar-refractivity contribution in [3.05, 3.63) is 34.9 Å². The van der Waals surface area contributed by atoms with Crippen molar-refractivity contribution in [2.75, 3.05) is 6.61 Å². The largest absolute Gasteiger partial charge is 1.00 e. The van der Waals surface area contributed by atoms with Crippen LogP contribution in [0, 0.1) is 0 Å². The Labute approximate surface area is 135 Å². The molecule has 0 unspecified atom stereocenters. The van der Waals surface area contributed by atoms with Crippen molar-refractivity contribution < 1.29 is 16.1 Å². The number of phenolic OH excluding ortho intramolecular Hbond substituents is 1. The maximum Gasteiger partial charge on any atom is 1.00 e. The van der Waals surface area contributed by atoms with E-state index in [2.05, 4.69) is 41.5 Å². The number of carbonyl (C=O) groups excluding carboxylic acids is 1. The average molecular weight is 305 g/mol. The van der Waals surface area contributed by atoms with Crippen molar-refractivity contribution in [3.63, 3.8) is 0 Å². The molecule has 3 nitrogen and oxygen atoms in total. The number of hydrogen-bond acceptors (Lipinski definition) is 3. The number of esters is 1. The van der Waals surface area contributed by atoms with Crippen LogP contribution in [0.15, 0.2) is 18.2 Å². The van der Waals surface area contributed by atoms with E-state index in [0.29, 0.717) is 12.4 Å². The maximum atomic E-state index is 11.5. The lowest BCUT2D eigenvalue weighted by atomic mass is 9.78. The van der Waals surface area contributed by atoms with Gasteiger partial charge in [0.25, 0.3) is 0 Å². The molecule has 0 saturated carbocycles. The highest BCUT2D eigenvalue weighted by molar-refractivity contribution is 5.87. The van der Waals surface area contributed by atoms with Crippen LogP contribution in [0.3, 0.4) is 0 Å². The quantitative estimate of drug-likeness (QED) is 0.651. The topological polar surface area (TPSA) is 46.5 Å². The highest BCUT2D eigenvalue weighted by Gasteiger charge is 2.26. The number of aromatic hydroxyl groups is 1. The fourth-order valence-corrected chi connectivity index (χ4v) is 2.25. The molecule has 1 N–H and O–H groups in total. The highest BCUT2D eigenvalue weighted by Crippen LogP contribution is 2.39. The molecule has 22 heavy (non-hydrogen) atoms. The van der Waals surface area contributed by atoms with Crippen molar-refractivity contribution in [3.8, 4) is 5.75 Å². The molecule has 0 heterocycles. The SMILES string of the molecule is CCOC(=O)/C=C/c1cc(C(C)(C)C)c(O)c(C(C)(C)C)c1.[H+]. The second-order valence-electron chi connectivity index (χ2n) is 7.55. The molecule has 0 saturated heterocycles. The first-order chi connectivity index (χ1) is 9.96. The zero-order chi connectivity index (χ0) is 17.1. The van der Waals surface area contributed by atoms with Crippen molar-refractivity contribution in [1.82, 2.24) is 0 Å². The van der Waals surface area contributed by atoms with Gasteiger partial charge in [-0.15, -0.1) is 0 Å². The average Bonchev–Trinajstić information content (AvgIpc) is 2.35. The van der Waals surface area contributed by atoms with Crippen LogP contribution in [0.1, 0.15) is 66.6 Å². The lowest BCUT2D eigenvalue weighted by Crippen LogP contribution is -2.17. The summed E-state index contributed by atoms with van der Waals surface area (Å²) in [6, 6.07) is 3.86. The third-order valence-corrected chi connectivity index (χ3v) is 3.45. The van der Waals surface area contributed by atoms with Gasteiger partial charge in [-0.05, 0) is 41.5 Å². The minimum Gasteiger partial charge on any atom is -0.507 e. The molecule has 0 atom stereocenters. The lowest BCUT2D eigenvalue weighted by Gasteiger charge is -2.27. The Balaban J connectivity index is 0.00000484. The molecule has 122 valence electrons. The standard InChI is InChI=1S/C19H28O3/c1-8-22-16(20)10-9-13-11-14(18(2,3)4)17(21)15(12-13)19(5,6)7/h9-12,21H,8H2,1-7H3/p+1/b10-9+. The molecule has 0 amide bonds. The molecule has 0 aromatic heterocycles. The first-order valence-electron chi connectivity index (χ1n) is 7.69. The summed E-state index contributed by atoms with van der Waals surface area (Å²) in [5.74, 6) is -0.0153. The summed E-state index contributed by atoms with van der Waals surface area (Å²) in [6.07, 6.45) is 3.16. The molecule has 0 fully saturated rings. The van der Waals surface area contributed by atoms with E-state index in [1.54, 1.807) is 13.0 Å². The number of ether oxygens (including phenoxy) is 1. The normalized spacial score (nSPS) is 12.7. The fraction of sp³-hybridized carbons (Fsp3) is 0.526. The second kappa shape index (κ2) is 6.55. The van der Waals surface area contributed by atoms with Gasteiger partial charge >= 0.3 is 7.40 Å². The molecule has 1 rings (SSSR count). The van der Waals surface area contributed by atoms with Crippen LogP contribution in [0.25, 0.3) is 6.08 Å². The smallest absolute Gasteiger partial charge is 0.507 e. The van der Waals surface area contributed by atoms with E-state index in [1.165, 1.54) is 6.08 Å². The molecule has 1 aromatic rings. The molecule has 1 aromatic carbocycles. The van der Waals surface area contributed by atoms with Gasteiger partial charge in [0.2, 0.25) is 0 Å². The summed E-state index contributed by atoms with van der Waals surface area (Å²) >= 11 is 0. The van der Waals surface area contributed by atoms with Gasteiger partial charge in [-0.3, -0.25) is 0 Å². The molecule has 0 aliphatic heterocycles. The minimum atomic E-state index is -0.356. The van der Waals surface area contributed by atoms with Gasteiger partial charge in [-0.25, -0.2) is 4.79 Å². The summed E-state index contributed by atoms with van der Waals surface area (Å²) < 4.78 is 4.91. The van der Waals surface area contributed by atoms with Crippen LogP contribution in [0.5, 0.6) is 5.75 Å². The Bertz CT molecular complexity index is 540. The maximum absolute atomic E-state index is 11.5. The number of phenols is 1. The van der Waals surface area contributed by atoms with Gasteiger partial charge in [-0.2, -0.15) is 0 Å². The Hall–Kier alpha value is -1.77. The number of rotatable bonds is 3. The van der Waals surface area contributed by atoms with E-state index in [0.717, 1.165) is 16.7 Å². The first-order valence-corrected chi connectivity index (χ1v) is 7.69. The van der Waals surface area contributed by atoms with E-state index >= 15 is 0 Å². The minimum absolute atomic E-state index is 0. The Morgan fingerprint density at radius 2 is 1.59 bits per heavy atom. The Kier molecular flexibility index (Phi) is 5.44. The van der Waals surface area contributed by atoms with Gasteiger partial charge in [-0.1, -0.05) is 41.5 Å². The van der Waals surface area contributed by atoms with Gasteiger partial charge in [0.1, 0.15) is 5.75 Å². The van der Waals surface area contributed by atoms with E-state index in [1.807, 2.05) is 12.1 Å². The molecule has 3 heteroatoms. The second-order valence-corrected chi connectivity index (χ2v) is 7.55. The molecular formula is C19H29O3+. The van der Waals surface area contributed by atoms with Crippen LogP contribution in [0.2, 0.25) is 0 Å². The van der Waals surface area contributed by atoms with Crippen molar-refractivity contribution in [2.45, 2.75) is 59.3 Å². The molecule has 0 radical (unpaired) electrons. The Morgan fingerprint density at radius 3 is 1.95 bits per heavy atom. The third kappa shape index (κ3) is 4.62. The number of benzene rings is 1. The monoisotopic (exact) mass is 305 g/mol. The van der Waals surface area contributed by atoms with Gasteiger partial charge in [0.15, 0.2) is 0 Å². The summed E-state index contributed by atoms with van der Waals surface area (Å²) in [5.41, 5.74) is 2.28. The van der Waals surface area contributed by atoms with E-state index in [-0.39, 0.29) is 18.2 Å². The first kappa shape index (κ1) is 18.3. The summed E-state index contributed by atoms with van der Waals surface area (Å²) in [6.45, 7) is 14.5. The van der Waals surface area contributed by atoms with Gasteiger partial charge < -0.3 is 9.84 Å². The summed E-state index contributed by atoms with van der Waals surface area (Å²) in [5, 5.41) is 10.6. The fourth-order valence-electron chi connectivity index (χ4n) is 2.25. The van der Waals surface area contributed by atoms with Crippen LogP contribution >= 0.6 is 0 Å². The van der Waals surface area contributed by atoms with Crippen LogP contribution < -0.4 is 0 Å². The van der Waals surface area contributed by atoms with Gasteiger partial charge in [0.05, 0.1) is 6.61 Å². The summed E-state index contributed by atoms with van der Waals surface area (Å²) in [7, 11) is 0. The molecular weight excluding hydrogens is 276 g/mol. The van der Waals surface area contributed by atoms with Crippen LogP contribution in [-0.2, 0) is 20.4 Å². The van der Waals surface area contributed by atoms with E-state index in [4.69, 9.17) is 4.74 Å². The molecule has 0 bridgehead atoms. The van der Waals surface area contributed by atoms with E-state index < -0.39 is 0 Å². The number of carbonyl (C=O) groups is 1. The van der Waals surface area contributed by atoms with Crippen LogP contribution in [0.4, 0.5) is 0 Å². The predicted molar refractivity (Wildman–Crippen MR) is 92.3 cm³/mol. The zero-order valence-corrected chi connectivity index (χ0v) is 14.8.